The Balaban J connectivity index is 2.03. The highest BCUT2D eigenvalue weighted by Gasteiger charge is 2.37. The summed E-state index contributed by atoms with van der Waals surface area (Å²) in [5, 5.41) is 10.7. The van der Waals surface area contributed by atoms with Crippen LogP contribution < -0.4 is 5.32 Å². The molecule has 0 radical (unpaired) electrons. The van der Waals surface area contributed by atoms with Gasteiger partial charge in [0.15, 0.2) is 0 Å². The zero-order valence-corrected chi connectivity index (χ0v) is 9.99. The lowest BCUT2D eigenvalue weighted by atomic mass is 9.75. The number of carbonyl (C=O) groups excluding carboxylic acids is 1. The molecule has 82 valence electrons. The molecule has 6 heteroatoms. The van der Waals surface area contributed by atoms with Crippen LogP contribution in [0.15, 0.2) is 0 Å². The van der Waals surface area contributed by atoms with Crippen molar-refractivity contribution < 1.29 is 4.79 Å². The molecule has 1 aromatic rings. The Morgan fingerprint density at radius 1 is 1.60 bits per heavy atom. The number of amides is 1. The number of nitrogens with one attached hydrogen (secondary N) is 1. The SMILES string of the molecule is CCC1(NC(=O)c2nnc(Cl)s2)CCC1. The van der Waals surface area contributed by atoms with E-state index in [1.54, 1.807) is 0 Å². The number of aromatic nitrogens is 2. The standard InChI is InChI=1S/C9H12ClN3OS/c1-2-9(4-3-5-9)11-6(14)7-12-13-8(10)15-7/h2-5H2,1H3,(H,11,14). The van der Waals surface area contributed by atoms with Crippen molar-refractivity contribution in [3.63, 3.8) is 0 Å². The molecule has 0 aliphatic heterocycles. The smallest absolute Gasteiger partial charge is 0.282 e. The molecule has 1 aliphatic rings. The molecule has 1 aromatic heterocycles. The molecule has 1 N–H and O–H groups in total. The molecule has 1 amide bonds. The Kier molecular flexibility index (Phi) is 2.93. The van der Waals surface area contributed by atoms with Crippen molar-refractivity contribution in [2.75, 3.05) is 0 Å². The summed E-state index contributed by atoms with van der Waals surface area (Å²) in [5.74, 6) is -0.152. The van der Waals surface area contributed by atoms with E-state index in [4.69, 9.17) is 11.6 Å². The number of hydrogen-bond acceptors (Lipinski definition) is 4. The van der Waals surface area contributed by atoms with Crippen LogP contribution in [0, 0.1) is 0 Å². The van der Waals surface area contributed by atoms with E-state index in [2.05, 4.69) is 22.4 Å². The zero-order valence-electron chi connectivity index (χ0n) is 8.42. The molecular weight excluding hydrogens is 234 g/mol. The van der Waals surface area contributed by atoms with Gasteiger partial charge in [0.05, 0.1) is 0 Å². The minimum absolute atomic E-state index is 0.00473. The van der Waals surface area contributed by atoms with Gasteiger partial charge in [0.25, 0.3) is 5.91 Å². The summed E-state index contributed by atoms with van der Waals surface area (Å²) in [5.41, 5.74) is -0.00473. The third-order valence-corrected chi connectivity index (χ3v) is 3.98. The average molecular weight is 246 g/mol. The molecule has 15 heavy (non-hydrogen) atoms. The lowest BCUT2D eigenvalue weighted by Crippen LogP contribution is -2.52. The predicted molar refractivity (Wildman–Crippen MR) is 59.3 cm³/mol. The van der Waals surface area contributed by atoms with Crippen LogP contribution in [-0.2, 0) is 0 Å². The third kappa shape index (κ3) is 2.13. The number of nitrogens with zero attached hydrogens (tertiary/aromatic N) is 2. The molecule has 0 bridgehead atoms. The largest absolute Gasteiger partial charge is 0.344 e. The van der Waals surface area contributed by atoms with Crippen LogP contribution in [-0.4, -0.2) is 21.6 Å². The minimum atomic E-state index is -0.152. The number of hydrogen-bond donors (Lipinski definition) is 1. The van der Waals surface area contributed by atoms with Gasteiger partial charge >= 0.3 is 0 Å². The van der Waals surface area contributed by atoms with Crippen molar-refractivity contribution in [3.8, 4) is 0 Å². The van der Waals surface area contributed by atoms with Crippen LogP contribution in [0.2, 0.25) is 4.47 Å². The van der Waals surface area contributed by atoms with Crippen LogP contribution in [0.5, 0.6) is 0 Å². The van der Waals surface area contributed by atoms with Gasteiger partial charge in [-0.1, -0.05) is 18.3 Å². The first-order valence-electron chi connectivity index (χ1n) is 4.97. The van der Waals surface area contributed by atoms with Gasteiger partial charge in [0, 0.05) is 5.54 Å². The summed E-state index contributed by atoms with van der Waals surface area (Å²) in [6.07, 6.45) is 4.26. The molecule has 2 rings (SSSR count). The molecule has 1 saturated carbocycles. The van der Waals surface area contributed by atoms with Crippen LogP contribution in [0.1, 0.15) is 42.4 Å². The molecular formula is C9H12ClN3OS. The summed E-state index contributed by atoms with van der Waals surface area (Å²) in [7, 11) is 0. The fraction of sp³-hybridized carbons (Fsp3) is 0.667. The molecule has 0 aromatic carbocycles. The monoisotopic (exact) mass is 245 g/mol. The Bertz CT molecular complexity index is 370. The van der Waals surface area contributed by atoms with E-state index < -0.39 is 0 Å². The Morgan fingerprint density at radius 3 is 2.73 bits per heavy atom. The summed E-state index contributed by atoms with van der Waals surface area (Å²) in [4.78, 5) is 11.8. The van der Waals surface area contributed by atoms with Gasteiger partial charge in [-0.25, -0.2) is 0 Å². The van der Waals surface area contributed by atoms with Gasteiger partial charge in [0.1, 0.15) is 0 Å². The number of halogens is 1. The highest BCUT2D eigenvalue weighted by atomic mass is 35.5. The molecule has 0 unspecified atom stereocenters. The van der Waals surface area contributed by atoms with Crippen LogP contribution in [0.3, 0.4) is 0 Å². The molecule has 0 spiro atoms. The fourth-order valence-corrected chi connectivity index (χ4v) is 2.49. The first-order chi connectivity index (χ1) is 7.15. The third-order valence-electron chi connectivity index (χ3n) is 2.96. The van der Waals surface area contributed by atoms with Gasteiger partial charge in [0.2, 0.25) is 9.47 Å². The predicted octanol–water partition coefficient (Wildman–Crippen LogP) is 2.25. The first-order valence-corrected chi connectivity index (χ1v) is 6.16. The van der Waals surface area contributed by atoms with Crippen molar-refractivity contribution in [1.82, 2.24) is 15.5 Å². The quantitative estimate of drug-likeness (QED) is 0.889. The Hall–Kier alpha value is -0.680. The molecule has 4 nitrogen and oxygen atoms in total. The van der Waals surface area contributed by atoms with Gasteiger partial charge in [-0.15, -0.1) is 10.2 Å². The van der Waals surface area contributed by atoms with E-state index >= 15 is 0 Å². The Labute approximate surface area is 97.0 Å². The first kappa shape index (κ1) is 10.8. The van der Waals surface area contributed by atoms with E-state index in [9.17, 15) is 4.79 Å². The number of rotatable bonds is 3. The van der Waals surface area contributed by atoms with Crippen LogP contribution >= 0.6 is 22.9 Å². The van der Waals surface area contributed by atoms with E-state index in [-0.39, 0.29) is 11.4 Å². The highest BCUT2D eigenvalue weighted by Crippen LogP contribution is 2.35. The van der Waals surface area contributed by atoms with Crippen LogP contribution in [0.4, 0.5) is 0 Å². The summed E-state index contributed by atoms with van der Waals surface area (Å²) in [6, 6.07) is 0. The van der Waals surface area contributed by atoms with Crippen molar-refractivity contribution in [1.29, 1.82) is 0 Å². The summed E-state index contributed by atoms with van der Waals surface area (Å²) >= 11 is 6.74. The molecule has 0 atom stereocenters. The Morgan fingerprint density at radius 2 is 2.33 bits per heavy atom. The van der Waals surface area contributed by atoms with E-state index in [0.29, 0.717) is 9.47 Å². The summed E-state index contributed by atoms with van der Waals surface area (Å²) < 4.78 is 0.305. The minimum Gasteiger partial charge on any atom is -0.344 e. The van der Waals surface area contributed by atoms with E-state index in [0.717, 1.165) is 30.6 Å². The second kappa shape index (κ2) is 4.06. The number of carbonyl (C=O) groups is 1. The lowest BCUT2D eigenvalue weighted by Gasteiger charge is -2.41. The summed E-state index contributed by atoms with van der Waals surface area (Å²) in [6.45, 7) is 2.09. The topological polar surface area (TPSA) is 54.9 Å². The molecule has 1 aliphatic carbocycles. The maximum Gasteiger partial charge on any atom is 0.282 e. The lowest BCUT2D eigenvalue weighted by molar-refractivity contribution is 0.0819. The molecule has 1 heterocycles. The van der Waals surface area contributed by atoms with E-state index in [1.807, 2.05) is 0 Å². The fourth-order valence-electron chi connectivity index (χ4n) is 1.76. The zero-order chi connectivity index (χ0) is 10.9. The van der Waals surface area contributed by atoms with Crippen molar-refractivity contribution in [3.05, 3.63) is 9.47 Å². The second-order valence-corrected chi connectivity index (χ2v) is 5.36. The van der Waals surface area contributed by atoms with Crippen molar-refractivity contribution >= 4 is 28.8 Å². The van der Waals surface area contributed by atoms with E-state index in [1.165, 1.54) is 6.42 Å². The van der Waals surface area contributed by atoms with Gasteiger partial charge in [-0.2, -0.15) is 0 Å². The maximum absolute atomic E-state index is 11.8. The maximum atomic E-state index is 11.8. The average Bonchev–Trinajstić information content (AvgIpc) is 2.58. The van der Waals surface area contributed by atoms with Crippen molar-refractivity contribution in [2.24, 2.45) is 0 Å². The van der Waals surface area contributed by atoms with Gasteiger partial charge < -0.3 is 5.32 Å². The van der Waals surface area contributed by atoms with Gasteiger partial charge in [-0.3, -0.25) is 4.79 Å². The second-order valence-electron chi connectivity index (χ2n) is 3.80. The highest BCUT2D eigenvalue weighted by molar-refractivity contribution is 7.17. The van der Waals surface area contributed by atoms with Crippen molar-refractivity contribution in [2.45, 2.75) is 38.1 Å². The molecule has 0 saturated heterocycles. The van der Waals surface area contributed by atoms with Crippen LogP contribution in [0.25, 0.3) is 0 Å². The van der Waals surface area contributed by atoms with Gasteiger partial charge in [-0.05, 0) is 37.3 Å². The molecule has 1 fully saturated rings. The normalized spacial score (nSPS) is 18.3.